The zero-order valence-corrected chi connectivity index (χ0v) is 16.9. The molecule has 25 heavy (non-hydrogen) atoms. The number of hydrogen-bond acceptors (Lipinski definition) is 3. The Balaban J connectivity index is 0.00000109. The smallest absolute Gasteiger partial charge is 0.0788 e. The number of allylic oxidation sites excluding steroid dienone is 1. The summed E-state index contributed by atoms with van der Waals surface area (Å²) in [6.07, 6.45) is 4.80. The van der Waals surface area contributed by atoms with Crippen molar-refractivity contribution < 1.29 is 0 Å². The Morgan fingerprint density at radius 2 is 1.60 bits per heavy atom. The molecule has 0 atom stereocenters. The maximum absolute atomic E-state index is 4.16. The highest BCUT2D eigenvalue weighted by molar-refractivity contribution is 8.12. The van der Waals surface area contributed by atoms with Crippen molar-refractivity contribution in [3.05, 3.63) is 76.1 Å². The molecule has 0 spiro atoms. The summed E-state index contributed by atoms with van der Waals surface area (Å²) in [5.41, 5.74) is 6.48. The fraction of sp³-hybridized carbons (Fsp3) is 0.318. The summed E-state index contributed by atoms with van der Waals surface area (Å²) in [7, 11) is 2.17. The minimum Gasteiger partial charge on any atom is -0.338 e. The largest absolute Gasteiger partial charge is 0.338 e. The quantitative estimate of drug-likeness (QED) is 0.622. The summed E-state index contributed by atoms with van der Waals surface area (Å²) >= 11 is 1.87. The van der Waals surface area contributed by atoms with Crippen LogP contribution in [0.25, 0.3) is 10.6 Å². The molecule has 0 fully saturated rings. The lowest BCUT2D eigenvalue weighted by Gasteiger charge is -2.20. The molecule has 1 aliphatic rings. The van der Waals surface area contributed by atoms with E-state index >= 15 is 0 Å². The van der Waals surface area contributed by atoms with E-state index in [9.17, 15) is 0 Å². The fourth-order valence-corrected chi connectivity index (χ4v) is 4.07. The molecule has 132 valence electrons. The van der Waals surface area contributed by atoms with Gasteiger partial charge in [-0.2, -0.15) is 0 Å². The number of hydrogen-bond donors (Lipinski definition) is 0. The second-order valence-corrected chi connectivity index (χ2v) is 6.88. The Labute approximate surface area is 156 Å². The molecule has 3 heteroatoms. The van der Waals surface area contributed by atoms with E-state index in [2.05, 4.69) is 74.1 Å². The molecule has 1 aromatic carbocycles. The second kappa shape index (κ2) is 8.91. The van der Waals surface area contributed by atoms with E-state index in [1.165, 1.54) is 37.9 Å². The van der Waals surface area contributed by atoms with Crippen molar-refractivity contribution in [3.8, 4) is 0 Å². The van der Waals surface area contributed by atoms with Gasteiger partial charge in [-0.05, 0) is 49.1 Å². The van der Waals surface area contributed by atoms with Crippen LogP contribution < -0.4 is 0 Å². The van der Waals surface area contributed by atoms with E-state index in [1.807, 2.05) is 38.0 Å². The van der Waals surface area contributed by atoms with Gasteiger partial charge in [0, 0.05) is 24.3 Å². The van der Waals surface area contributed by atoms with E-state index in [0.29, 0.717) is 0 Å². The van der Waals surface area contributed by atoms with Crippen LogP contribution in [-0.4, -0.2) is 16.9 Å². The van der Waals surface area contributed by atoms with Gasteiger partial charge in [0.05, 0.1) is 10.7 Å². The van der Waals surface area contributed by atoms with E-state index in [0.717, 1.165) is 6.42 Å². The second-order valence-electron chi connectivity index (χ2n) is 5.88. The molecule has 2 nitrogen and oxygen atoms in total. The number of benzene rings is 1. The summed E-state index contributed by atoms with van der Waals surface area (Å²) in [4.78, 5) is 7.80. The van der Waals surface area contributed by atoms with Gasteiger partial charge < -0.3 is 4.90 Å². The zero-order chi connectivity index (χ0) is 18.4. The first-order chi connectivity index (χ1) is 12.1. The molecular formula is C22H28N2S. The third kappa shape index (κ3) is 4.16. The predicted octanol–water partition coefficient (Wildman–Crippen LogP) is 6.56. The standard InChI is InChI=1S/C20H22N2S.C2H6/c1-5-15(3)20-22(4)18(16-8-6-14(2)7-9-16)19(23-20)17-10-12-21-13-11-17;1-2/h6-13H,5H2,1-4H3;1-2H3/b20-15-;. The SMILES string of the molecule is CC.CC/C(C)=C1\SC(c2ccncc2)=C(c2ccc(C)cc2)N1C. The number of rotatable bonds is 3. The maximum atomic E-state index is 4.16. The summed E-state index contributed by atoms with van der Waals surface area (Å²) in [6, 6.07) is 13.0. The van der Waals surface area contributed by atoms with E-state index in [4.69, 9.17) is 0 Å². The highest BCUT2D eigenvalue weighted by atomic mass is 32.2. The molecule has 0 amide bonds. The van der Waals surface area contributed by atoms with Gasteiger partial charge in [-0.3, -0.25) is 4.98 Å². The van der Waals surface area contributed by atoms with E-state index < -0.39 is 0 Å². The van der Waals surface area contributed by atoms with Gasteiger partial charge in [0.2, 0.25) is 0 Å². The minimum absolute atomic E-state index is 1.07. The molecule has 2 heterocycles. The normalized spacial score (nSPS) is 15.8. The summed E-state index contributed by atoms with van der Waals surface area (Å²) in [5, 5.41) is 1.34. The molecule has 2 aromatic rings. The molecule has 0 saturated carbocycles. The lowest BCUT2D eigenvalue weighted by Crippen LogP contribution is -2.11. The van der Waals surface area contributed by atoms with Crippen molar-refractivity contribution in [3.63, 3.8) is 0 Å². The Kier molecular flexibility index (Phi) is 6.89. The molecule has 0 radical (unpaired) electrons. The molecule has 3 rings (SSSR count). The molecule has 1 aliphatic heterocycles. The number of aryl methyl sites for hydroxylation is 1. The van der Waals surface area contributed by atoms with Crippen LogP contribution in [0.5, 0.6) is 0 Å². The zero-order valence-electron chi connectivity index (χ0n) is 16.1. The van der Waals surface area contributed by atoms with Gasteiger partial charge in [0.1, 0.15) is 0 Å². The molecule has 0 saturated heterocycles. The maximum Gasteiger partial charge on any atom is 0.0788 e. The van der Waals surface area contributed by atoms with Crippen molar-refractivity contribution in [2.24, 2.45) is 0 Å². The molecule has 1 aromatic heterocycles. The lowest BCUT2D eigenvalue weighted by atomic mass is 10.1. The first-order valence-electron chi connectivity index (χ1n) is 8.95. The van der Waals surface area contributed by atoms with Crippen LogP contribution >= 0.6 is 11.8 Å². The lowest BCUT2D eigenvalue weighted by molar-refractivity contribution is 0.637. The monoisotopic (exact) mass is 352 g/mol. The average Bonchev–Trinajstić information content (AvgIpc) is 3.01. The Bertz CT molecular complexity index is 758. The van der Waals surface area contributed by atoms with Crippen molar-refractivity contribution in [2.75, 3.05) is 7.05 Å². The Morgan fingerprint density at radius 3 is 2.16 bits per heavy atom. The van der Waals surface area contributed by atoms with E-state index in [1.54, 1.807) is 0 Å². The van der Waals surface area contributed by atoms with Crippen LogP contribution in [-0.2, 0) is 0 Å². The van der Waals surface area contributed by atoms with Gasteiger partial charge in [-0.1, -0.05) is 62.4 Å². The number of aromatic nitrogens is 1. The van der Waals surface area contributed by atoms with Crippen LogP contribution in [0.3, 0.4) is 0 Å². The third-order valence-corrected chi connectivity index (χ3v) is 5.67. The predicted molar refractivity (Wildman–Crippen MR) is 112 cm³/mol. The highest BCUT2D eigenvalue weighted by Crippen LogP contribution is 2.50. The molecule has 0 unspecified atom stereocenters. The van der Waals surface area contributed by atoms with Crippen LogP contribution in [0.15, 0.2) is 59.4 Å². The van der Waals surface area contributed by atoms with Crippen molar-refractivity contribution in [1.82, 2.24) is 9.88 Å². The van der Waals surface area contributed by atoms with Gasteiger partial charge in [-0.15, -0.1) is 0 Å². The van der Waals surface area contributed by atoms with Crippen molar-refractivity contribution in [1.29, 1.82) is 0 Å². The summed E-state index contributed by atoms with van der Waals surface area (Å²) < 4.78 is 0. The van der Waals surface area contributed by atoms with Crippen LogP contribution in [0.4, 0.5) is 0 Å². The van der Waals surface area contributed by atoms with Gasteiger partial charge in [0.25, 0.3) is 0 Å². The first-order valence-corrected chi connectivity index (χ1v) is 9.76. The average molecular weight is 353 g/mol. The van der Waals surface area contributed by atoms with Crippen LogP contribution in [0.2, 0.25) is 0 Å². The summed E-state index contributed by atoms with van der Waals surface area (Å²) in [6.45, 7) is 10.6. The highest BCUT2D eigenvalue weighted by Gasteiger charge is 2.28. The molecule has 0 N–H and O–H groups in total. The number of pyridine rings is 1. The fourth-order valence-electron chi connectivity index (χ4n) is 2.73. The van der Waals surface area contributed by atoms with Crippen molar-refractivity contribution >= 4 is 22.4 Å². The molecular weight excluding hydrogens is 324 g/mol. The van der Waals surface area contributed by atoms with Gasteiger partial charge in [-0.25, -0.2) is 0 Å². The molecule has 0 aliphatic carbocycles. The molecule has 0 bridgehead atoms. The topological polar surface area (TPSA) is 16.1 Å². The van der Waals surface area contributed by atoms with E-state index in [-0.39, 0.29) is 0 Å². The number of nitrogens with zero attached hydrogens (tertiary/aromatic N) is 2. The van der Waals surface area contributed by atoms with Gasteiger partial charge >= 0.3 is 0 Å². The Hall–Kier alpha value is -2.00. The van der Waals surface area contributed by atoms with Crippen LogP contribution in [0.1, 0.15) is 50.8 Å². The van der Waals surface area contributed by atoms with Gasteiger partial charge in [0.15, 0.2) is 0 Å². The first kappa shape index (κ1) is 19.3. The Morgan fingerprint density at radius 1 is 1.00 bits per heavy atom. The third-order valence-electron chi connectivity index (χ3n) is 4.22. The summed E-state index contributed by atoms with van der Waals surface area (Å²) in [5.74, 6) is 0. The minimum atomic E-state index is 1.07. The van der Waals surface area contributed by atoms with Crippen molar-refractivity contribution in [2.45, 2.75) is 41.0 Å². The van der Waals surface area contributed by atoms with Crippen LogP contribution in [0, 0.1) is 6.92 Å². The number of thioether (sulfide) groups is 1.